The molecule has 88 valence electrons. The molecule has 0 fully saturated rings. The molecule has 1 unspecified atom stereocenters. The molecule has 0 saturated carbocycles. The standard InChI is InChI=1S/C13H14N2OS/c1-9-4-2-3-5-11(9)15-12(13(14)16)10-6-7-17-8-10/h2-8,12,15H,1H3,(H2,14,16). The van der Waals surface area contributed by atoms with Crippen LogP contribution in [0.25, 0.3) is 0 Å². The minimum absolute atomic E-state index is 0.369. The number of amides is 1. The summed E-state index contributed by atoms with van der Waals surface area (Å²) in [4.78, 5) is 11.5. The smallest absolute Gasteiger partial charge is 0.244 e. The molecule has 3 nitrogen and oxygen atoms in total. The van der Waals surface area contributed by atoms with E-state index in [1.807, 2.05) is 48.0 Å². The zero-order valence-electron chi connectivity index (χ0n) is 9.51. The molecule has 0 bridgehead atoms. The fourth-order valence-corrected chi connectivity index (χ4v) is 2.33. The molecular weight excluding hydrogens is 232 g/mol. The van der Waals surface area contributed by atoms with Gasteiger partial charge in [-0.25, -0.2) is 0 Å². The summed E-state index contributed by atoms with van der Waals surface area (Å²) in [5.41, 5.74) is 8.36. The van der Waals surface area contributed by atoms with Gasteiger partial charge in [0.25, 0.3) is 0 Å². The molecule has 2 aromatic rings. The van der Waals surface area contributed by atoms with Crippen molar-refractivity contribution in [1.29, 1.82) is 0 Å². The molecule has 1 heterocycles. The lowest BCUT2D eigenvalue weighted by atomic mass is 10.1. The normalized spacial score (nSPS) is 12.1. The number of para-hydroxylation sites is 1. The van der Waals surface area contributed by atoms with Crippen LogP contribution < -0.4 is 11.1 Å². The Morgan fingerprint density at radius 1 is 1.35 bits per heavy atom. The van der Waals surface area contributed by atoms with E-state index in [1.165, 1.54) is 0 Å². The van der Waals surface area contributed by atoms with Gasteiger partial charge in [0.15, 0.2) is 0 Å². The van der Waals surface area contributed by atoms with Gasteiger partial charge in [0.05, 0.1) is 0 Å². The molecule has 1 amide bonds. The zero-order valence-corrected chi connectivity index (χ0v) is 10.3. The van der Waals surface area contributed by atoms with Gasteiger partial charge in [0.2, 0.25) is 5.91 Å². The Bertz CT molecular complexity index is 508. The number of primary amides is 1. The van der Waals surface area contributed by atoms with E-state index >= 15 is 0 Å². The quantitative estimate of drug-likeness (QED) is 0.871. The molecule has 1 aromatic carbocycles. The number of aryl methyl sites for hydroxylation is 1. The topological polar surface area (TPSA) is 55.1 Å². The van der Waals surface area contributed by atoms with E-state index in [1.54, 1.807) is 11.3 Å². The van der Waals surface area contributed by atoms with E-state index in [2.05, 4.69) is 5.32 Å². The number of hydrogen-bond donors (Lipinski definition) is 2. The van der Waals surface area contributed by atoms with Crippen molar-refractivity contribution in [3.05, 3.63) is 52.2 Å². The molecule has 0 radical (unpaired) electrons. The first-order chi connectivity index (χ1) is 8.18. The Labute approximate surface area is 104 Å². The maximum absolute atomic E-state index is 11.5. The molecule has 0 aliphatic rings. The van der Waals surface area contributed by atoms with Crippen LogP contribution in [-0.2, 0) is 4.79 Å². The Morgan fingerprint density at radius 2 is 2.12 bits per heavy atom. The molecular formula is C13H14N2OS. The van der Waals surface area contributed by atoms with Gasteiger partial charge < -0.3 is 11.1 Å². The van der Waals surface area contributed by atoms with Crippen LogP contribution in [0.5, 0.6) is 0 Å². The van der Waals surface area contributed by atoms with Crippen LogP contribution >= 0.6 is 11.3 Å². The summed E-state index contributed by atoms with van der Waals surface area (Å²) in [5.74, 6) is -0.369. The summed E-state index contributed by atoms with van der Waals surface area (Å²) in [6, 6.07) is 9.27. The summed E-state index contributed by atoms with van der Waals surface area (Å²) in [6.45, 7) is 1.99. The SMILES string of the molecule is Cc1ccccc1NC(C(N)=O)c1ccsc1. The van der Waals surface area contributed by atoms with E-state index in [0.29, 0.717) is 0 Å². The van der Waals surface area contributed by atoms with Crippen LogP contribution in [0.3, 0.4) is 0 Å². The first kappa shape index (κ1) is 11.7. The number of nitrogens with two attached hydrogens (primary N) is 1. The van der Waals surface area contributed by atoms with Crippen LogP contribution in [0.15, 0.2) is 41.1 Å². The van der Waals surface area contributed by atoms with Gasteiger partial charge in [0, 0.05) is 5.69 Å². The third kappa shape index (κ3) is 2.65. The van der Waals surface area contributed by atoms with Crippen molar-refractivity contribution < 1.29 is 4.79 Å². The highest BCUT2D eigenvalue weighted by molar-refractivity contribution is 7.08. The van der Waals surface area contributed by atoms with E-state index in [-0.39, 0.29) is 5.91 Å². The highest BCUT2D eigenvalue weighted by Crippen LogP contribution is 2.23. The summed E-state index contributed by atoms with van der Waals surface area (Å²) in [6.07, 6.45) is 0. The number of carbonyl (C=O) groups is 1. The fourth-order valence-electron chi connectivity index (χ4n) is 1.65. The maximum atomic E-state index is 11.5. The van der Waals surface area contributed by atoms with Crippen molar-refractivity contribution in [2.45, 2.75) is 13.0 Å². The lowest BCUT2D eigenvalue weighted by Gasteiger charge is -2.17. The molecule has 0 aliphatic carbocycles. The monoisotopic (exact) mass is 246 g/mol. The molecule has 4 heteroatoms. The third-order valence-corrected chi connectivity index (χ3v) is 3.31. The molecule has 0 spiro atoms. The van der Waals surface area contributed by atoms with Crippen molar-refractivity contribution in [3.8, 4) is 0 Å². The van der Waals surface area contributed by atoms with Crippen molar-refractivity contribution in [1.82, 2.24) is 0 Å². The second-order valence-electron chi connectivity index (χ2n) is 3.85. The number of benzene rings is 1. The van der Waals surface area contributed by atoms with Crippen LogP contribution in [0.1, 0.15) is 17.2 Å². The number of anilines is 1. The van der Waals surface area contributed by atoms with Gasteiger partial charge >= 0.3 is 0 Å². The lowest BCUT2D eigenvalue weighted by Crippen LogP contribution is -2.27. The molecule has 17 heavy (non-hydrogen) atoms. The van der Waals surface area contributed by atoms with Crippen molar-refractivity contribution in [3.63, 3.8) is 0 Å². The van der Waals surface area contributed by atoms with Gasteiger partial charge in [0.1, 0.15) is 6.04 Å². The van der Waals surface area contributed by atoms with E-state index < -0.39 is 6.04 Å². The molecule has 1 aromatic heterocycles. The average Bonchev–Trinajstić information content (AvgIpc) is 2.81. The van der Waals surface area contributed by atoms with Crippen molar-refractivity contribution in [2.75, 3.05) is 5.32 Å². The second kappa shape index (κ2) is 5.01. The summed E-state index contributed by atoms with van der Waals surface area (Å²) >= 11 is 1.55. The molecule has 0 saturated heterocycles. The van der Waals surface area contributed by atoms with Crippen LogP contribution in [0.4, 0.5) is 5.69 Å². The van der Waals surface area contributed by atoms with Crippen LogP contribution in [-0.4, -0.2) is 5.91 Å². The largest absolute Gasteiger partial charge is 0.370 e. The molecule has 3 N–H and O–H groups in total. The van der Waals surface area contributed by atoms with Gasteiger partial charge in [-0.3, -0.25) is 4.79 Å². The molecule has 0 aliphatic heterocycles. The number of nitrogens with one attached hydrogen (secondary N) is 1. The first-order valence-corrected chi connectivity index (χ1v) is 6.26. The van der Waals surface area contributed by atoms with E-state index in [4.69, 9.17) is 5.73 Å². The number of rotatable bonds is 4. The predicted molar refractivity (Wildman–Crippen MR) is 71.1 cm³/mol. The van der Waals surface area contributed by atoms with E-state index in [9.17, 15) is 4.79 Å². The van der Waals surface area contributed by atoms with Gasteiger partial charge in [-0.2, -0.15) is 11.3 Å². The van der Waals surface area contributed by atoms with Gasteiger partial charge in [-0.05, 0) is 40.9 Å². The number of carbonyl (C=O) groups excluding carboxylic acids is 1. The van der Waals surface area contributed by atoms with Gasteiger partial charge in [-0.15, -0.1) is 0 Å². The Balaban J connectivity index is 2.26. The Morgan fingerprint density at radius 3 is 2.71 bits per heavy atom. The minimum atomic E-state index is -0.470. The lowest BCUT2D eigenvalue weighted by molar-refractivity contribution is -0.118. The Kier molecular flexibility index (Phi) is 3.44. The predicted octanol–water partition coefficient (Wildman–Crippen LogP) is 2.70. The second-order valence-corrected chi connectivity index (χ2v) is 4.63. The Hall–Kier alpha value is -1.81. The average molecular weight is 246 g/mol. The third-order valence-electron chi connectivity index (χ3n) is 2.61. The van der Waals surface area contributed by atoms with E-state index in [0.717, 1.165) is 16.8 Å². The molecule has 2 rings (SSSR count). The highest BCUT2D eigenvalue weighted by atomic mass is 32.1. The first-order valence-electron chi connectivity index (χ1n) is 5.32. The summed E-state index contributed by atoms with van der Waals surface area (Å²) in [5, 5.41) is 7.05. The minimum Gasteiger partial charge on any atom is -0.370 e. The summed E-state index contributed by atoms with van der Waals surface area (Å²) < 4.78 is 0. The number of thiophene rings is 1. The van der Waals surface area contributed by atoms with Gasteiger partial charge in [-0.1, -0.05) is 18.2 Å². The zero-order chi connectivity index (χ0) is 12.3. The van der Waals surface area contributed by atoms with Crippen molar-refractivity contribution >= 4 is 22.9 Å². The van der Waals surface area contributed by atoms with Crippen LogP contribution in [0, 0.1) is 6.92 Å². The fraction of sp³-hybridized carbons (Fsp3) is 0.154. The van der Waals surface area contributed by atoms with Crippen LogP contribution in [0.2, 0.25) is 0 Å². The summed E-state index contributed by atoms with van der Waals surface area (Å²) in [7, 11) is 0. The maximum Gasteiger partial charge on any atom is 0.244 e. The number of hydrogen-bond acceptors (Lipinski definition) is 3. The highest BCUT2D eigenvalue weighted by Gasteiger charge is 2.18. The van der Waals surface area contributed by atoms with Crippen molar-refractivity contribution in [2.24, 2.45) is 5.73 Å². The molecule has 1 atom stereocenters.